The molecule has 1 atom stereocenters. The summed E-state index contributed by atoms with van der Waals surface area (Å²) in [5, 5.41) is 5.35. The van der Waals surface area contributed by atoms with Crippen molar-refractivity contribution in [2.75, 3.05) is 13.2 Å². The molecule has 2 aromatic carbocycles. The summed E-state index contributed by atoms with van der Waals surface area (Å²) < 4.78 is 5.68. The van der Waals surface area contributed by atoms with Gasteiger partial charge in [0.25, 0.3) is 0 Å². The molecule has 1 aliphatic rings. The Kier molecular flexibility index (Phi) is 3.70. The van der Waals surface area contributed by atoms with E-state index in [2.05, 4.69) is 5.32 Å². The van der Waals surface area contributed by atoms with Crippen molar-refractivity contribution in [1.82, 2.24) is 5.32 Å². The van der Waals surface area contributed by atoms with E-state index in [-0.39, 0.29) is 11.8 Å². The molecular weight excluding hydrogens is 250 g/mol. The van der Waals surface area contributed by atoms with Crippen LogP contribution in [0.4, 0.5) is 0 Å². The van der Waals surface area contributed by atoms with Gasteiger partial charge in [-0.2, -0.15) is 0 Å². The Bertz CT molecular complexity index is 630. The molecule has 1 N–H and O–H groups in total. The van der Waals surface area contributed by atoms with Crippen molar-refractivity contribution in [2.45, 2.75) is 25.8 Å². The zero-order valence-corrected chi connectivity index (χ0v) is 11.7. The van der Waals surface area contributed by atoms with Crippen LogP contribution in [0, 0.1) is 0 Å². The standard InChI is InChI=1S/C17H19NO2/c1-2-20-15-10-9-12-6-3-4-7-13(12)16(15)17(19)14-8-5-11-18-14/h3-4,6-7,9-10,14,18H,2,5,8,11H2,1H3. The van der Waals surface area contributed by atoms with Gasteiger partial charge in [0.1, 0.15) is 5.75 Å². The van der Waals surface area contributed by atoms with Crippen molar-refractivity contribution in [2.24, 2.45) is 0 Å². The lowest BCUT2D eigenvalue weighted by atomic mass is 9.96. The molecule has 1 saturated heterocycles. The van der Waals surface area contributed by atoms with E-state index in [1.807, 2.05) is 43.3 Å². The van der Waals surface area contributed by atoms with E-state index in [1.54, 1.807) is 0 Å². The number of nitrogens with one attached hydrogen (secondary N) is 1. The minimum atomic E-state index is -0.0694. The Hall–Kier alpha value is -1.87. The largest absolute Gasteiger partial charge is 0.493 e. The summed E-state index contributed by atoms with van der Waals surface area (Å²) in [6.07, 6.45) is 1.97. The van der Waals surface area contributed by atoms with Gasteiger partial charge in [-0.15, -0.1) is 0 Å². The Morgan fingerprint density at radius 3 is 2.90 bits per heavy atom. The van der Waals surface area contributed by atoms with Gasteiger partial charge >= 0.3 is 0 Å². The molecule has 0 amide bonds. The van der Waals surface area contributed by atoms with Gasteiger partial charge in [-0.25, -0.2) is 0 Å². The number of ether oxygens (including phenoxy) is 1. The van der Waals surface area contributed by atoms with Gasteiger partial charge in [0.2, 0.25) is 0 Å². The van der Waals surface area contributed by atoms with Crippen LogP contribution >= 0.6 is 0 Å². The van der Waals surface area contributed by atoms with Crippen LogP contribution in [0.3, 0.4) is 0 Å². The summed E-state index contributed by atoms with van der Waals surface area (Å²) in [6, 6.07) is 11.8. The number of carbonyl (C=O) groups excluding carboxylic acids is 1. The topological polar surface area (TPSA) is 38.3 Å². The molecule has 1 aliphatic heterocycles. The molecule has 0 radical (unpaired) electrons. The van der Waals surface area contributed by atoms with E-state index in [0.717, 1.165) is 35.7 Å². The van der Waals surface area contributed by atoms with Gasteiger partial charge in [-0.1, -0.05) is 30.3 Å². The molecule has 3 heteroatoms. The first kappa shape index (κ1) is 13.1. The highest BCUT2D eigenvalue weighted by Gasteiger charge is 2.27. The van der Waals surface area contributed by atoms with Gasteiger partial charge < -0.3 is 10.1 Å². The number of ketones is 1. The molecule has 0 spiro atoms. The Labute approximate surface area is 118 Å². The predicted molar refractivity (Wildman–Crippen MR) is 80.5 cm³/mol. The Morgan fingerprint density at radius 1 is 1.30 bits per heavy atom. The lowest BCUT2D eigenvalue weighted by Crippen LogP contribution is -2.31. The van der Waals surface area contributed by atoms with E-state index in [1.165, 1.54) is 0 Å². The van der Waals surface area contributed by atoms with Crippen molar-refractivity contribution < 1.29 is 9.53 Å². The smallest absolute Gasteiger partial charge is 0.184 e. The molecule has 20 heavy (non-hydrogen) atoms. The molecule has 2 aromatic rings. The molecule has 1 unspecified atom stereocenters. The molecule has 0 aromatic heterocycles. The van der Waals surface area contributed by atoms with E-state index in [4.69, 9.17) is 4.74 Å². The fourth-order valence-electron chi connectivity index (χ4n) is 2.86. The first-order valence-corrected chi connectivity index (χ1v) is 7.23. The molecule has 0 aliphatic carbocycles. The average molecular weight is 269 g/mol. The fourth-order valence-corrected chi connectivity index (χ4v) is 2.86. The van der Waals surface area contributed by atoms with E-state index in [9.17, 15) is 4.79 Å². The van der Waals surface area contributed by atoms with E-state index in [0.29, 0.717) is 12.4 Å². The first-order valence-electron chi connectivity index (χ1n) is 7.23. The number of hydrogen-bond donors (Lipinski definition) is 1. The third kappa shape index (κ3) is 2.29. The summed E-state index contributed by atoms with van der Waals surface area (Å²) in [6.45, 7) is 3.43. The van der Waals surface area contributed by atoms with Gasteiger partial charge in [-0.05, 0) is 43.1 Å². The van der Waals surface area contributed by atoms with Crippen molar-refractivity contribution in [1.29, 1.82) is 0 Å². The Balaban J connectivity index is 2.13. The third-order valence-electron chi connectivity index (χ3n) is 3.81. The van der Waals surface area contributed by atoms with Gasteiger partial charge in [-0.3, -0.25) is 4.79 Å². The normalized spacial score (nSPS) is 18.4. The summed E-state index contributed by atoms with van der Waals surface area (Å²) >= 11 is 0. The quantitative estimate of drug-likeness (QED) is 0.866. The zero-order valence-electron chi connectivity index (χ0n) is 11.7. The second kappa shape index (κ2) is 5.63. The van der Waals surface area contributed by atoms with Crippen LogP contribution in [-0.4, -0.2) is 25.0 Å². The highest BCUT2D eigenvalue weighted by Crippen LogP contribution is 2.30. The summed E-state index contributed by atoms with van der Waals surface area (Å²) in [4.78, 5) is 12.8. The number of carbonyl (C=O) groups is 1. The van der Waals surface area contributed by atoms with Crippen molar-refractivity contribution in [3.8, 4) is 5.75 Å². The monoisotopic (exact) mass is 269 g/mol. The van der Waals surface area contributed by atoms with Crippen LogP contribution in [-0.2, 0) is 0 Å². The summed E-state index contributed by atoms with van der Waals surface area (Å²) in [7, 11) is 0. The van der Waals surface area contributed by atoms with Crippen LogP contribution in [0.1, 0.15) is 30.1 Å². The van der Waals surface area contributed by atoms with Crippen molar-refractivity contribution in [3.05, 3.63) is 42.0 Å². The van der Waals surface area contributed by atoms with Gasteiger partial charge in [0.05, 0.1) is 18.2 Å². The zero-order chi connectivity index (χ0) is 13.9. The molecule has 1 heterocycles. The lowest BCUT2D eigenvalue weighted by molar-refractivity contribution is 0.0950. The molecule has 0 bridgehead atoms. The molecular formula is C17H19NO2. The number of benzene rings is 2. The Morgan fingerprint density at radius 2 is 2.15 bits per heavy atom. The third-order valence-corrected chi connectivity index (χ3v) is 3.81. The predicted octanol–water partition coefficient (Wildman–Crippen LogP) is 3.17. The van der Waals surface area contributed by atoms with Crippen molar-refractivity contribution >= 4 is 16.6 Å². The number of Topliss-reactive ketones (excluding diaryl/α,β-unsaturated/α-hetero) is 1. The number of hydrogen-bond acceptors (Lipinski definition) is 3. The number of fused-ring (bicyclic) bond motifs is 1. The highest BCUT2D eigenvalue weighted by molar-refractivity contribution is 6.12. The van der Waals surface area contributed by atoms with Crippen molar-refractivity contribution in [3.63, 3.8) is 0 Å². The second-order valence-electron chi connectivity index (χ2n) is 5.11. The van der Waals surface area contributed by atoms with Crippen LogP contribution < -0.4 is 10.1 Å². The summed E-state index contributed by atoms with van der Waals surface area (Å²) in [5.41, 5.74) is 0.726. The van der Waals surface area contributed by atoms with E-state index < -0.39 is 0 Å². The number of rotatable bonds is 4. The van der Waals surface area contributed by atoms with Crippen LogP contribution in [0.15, 0.2) is 36.4 Å². The molecule has 1 fully saturated rings. The molecule has 3 rings (SSSR count). The van der Waals surface area contributed by atoms with Gasteiger partial charge in [0.15, 0.2) is 5.78 Å². The average Bonchev–Trinajstić information content (AvgIpc) is 3.01. The fraction of sp³-hybridized carbons (Fsp3) is 0.353. The first-order chi connectivity index (χ1) is 9.81. The maximum atomic E-state index is 12.8. The minimum Gasteiger partial charge on any atom is -0.493 e. The van der Waals surface area contributed by atoms with Crippen LogP contribution in [0.5, 0.6) is 5.75 Å². The second-order valence-corrected chi connectivity index (χ2v) is 5.11. The van der Waals surface area contributed by atoms with Crippen LogP contribution in [0.25, 0.3) is 10.8 Å². The van der Waals surface area contributed by atoms with Gasteiger partial charge in [0, 0.05) is 0 Å². The lowest BCUT2D eigenvalue weighted by Gasteiger charge is -2.16. The highest BCUT2D eigenvalue weighted by atomic mass is 16.5. The maximum absolute atomic E-state index is 12.8. The molecule has 0 saturated carbocycles. The van der Waals surface area contributed by atoms with Crippen LogP contribution in [0.2, 0.25) is 0 Å². The summed E-state index contributed by atoms with van der Waals surface area (Å²) in [5.74, 6) is 0.854. The SMILES string of the molecule is CCOc1ccc2ccccc2c1C(=O)C1CCCN1. The maximum Gasteiger partial charge on any atom is 0.184 e. The minimum absolute atomic E-state index is 0.0694. The molecule has 3 nitrogen and oxygen atoms in total. The van der Waals surface area contributed by atoms with E-state index >= 15 is 0 Å². The molecule has 104 valence electrons.